The van der Waals surface area contributed by atoms with E-state index in [1.807, 2.05) is 54.6 Å². The highest BCUT2D eigenvalue weighted by Crippen LogP contribution is 2.28. The Labute approximate surface area is 176 Å². The Morgan fingerprint density at radius 2 is 1.90 bits per heavy atom. The first-order valence-corrected chi connectivity index (χ1v) is 10.5. The van der Waals surface area contributed by atoms with Crippen LogP contribution in [-0.4, -0.2) is 39.4 Å². The second-order valence-electron chi connectivity index (χ2n) is 7.07. The summed E-state index contributed by atoms with van der Waals surface area (Å²) in [6.07, 6.45) is 1.35. The number of rotatable bonds is 4. The molecule has 1 fully saturated rings. The molecule has 1 atom stereocenters. The summed E-state index contributed by atoms with van der Waals surface area (Å²) in [6.45, 7) is 0.498. The molecule has 3 heterocycles. The number of para-hydroxylation sites is 1. The van der Waals surface area contributed by atoms with Crippen LogP contribution in [0.2, 0.25) is 0 Å². The molecule has 0 spiro atoms. The summed E-state index contributed by atoms with van der Waals surface area (Å²) < 4.78 is 6.30. The fourth-order valence-corrected chi connectivity index (χ4v) is 4.53. The van der Waals surface area contributed by atoms with Crippen molar-refractivity contribution in [3.8, 4) is 11.3 Å². The number of carbonyl (C=O) groups is 2. The van der Waals surface area contributed by atoms with Crippen molar-refractivity contribution in [1.82, 2.24) is 15.0 Å². The van der Waals surface area contributed by atoms with Crippen LogP contribution in [0, 0.1) is 0 Å². The number of anilines is 1. The van der Waals surface area contributed by atoms with Crippen LogP contribution in [0.3, 0.4) is 0 Å². The molecule has 1 saturated heterocycles. The van der Waals surface area contributed by atoms with Crippen molar-refractivity contribution < 1.29 is 14.1 Å². The molecule has 0 aliphatic carbocycles. The van der Waals surface area contributed by atoms with Gasteiger partial charge in [-0.2, -0.15) is 0 Å². The lowest BCUT2D eigenvalue weighted by Crippen LogP contribution is -2.43. The summed E-state index contributed by atoms with van der Waals surface area (Å²) >= 11 is 1.42. The lowest BCUT2D eigenvalue weighted by Gasteiger charge is -2.22. The Kier molecular flexibility index (Phi) is 4.76. The maximum Gasteiger partial charge on any atom is 0.293 e. The summed E-state index contributed by atoms with van der Waals surface area (Å²) in [5.74, 6) is -0.428. The second kappa shape index (κ2) is 7.72. The molecule has 30 heavy (non-hydrogen) atoms. The molecule has 150 valence electrons. The Hall–Kier alpha value is -3.52. The van der Waals surface area contributed by atoms with E-state index in [1.165, 1.54) is 11.3 Å². The van der Waals surface area contributed by atoms with Crippen molar-refractivity contribution in [2.75, 3.05) is 11.9 Å². The Balaban J connectivity index is 1.32. The van der Waals surface area contributed by atoms with Gasteiger partial charge in [0.1, 0.15) is 11.7 Å². The average Bonchev–Trinajstić information content (AvgIpc) is 3.52. The topological polar surface area (TPSA) is 88.3 Å². The van der Waals surface area contributed by atoms with E-state index in [2.05, 4.69) is 15.5 Å². The summed E-state index contributed by atoms with van der Waals surface area (Å²) in [7, 11) is 0. The van der Waals surface area contributed by atoms with Crippen LogP contribution >= 0.6 is 11.3 Å². The predicted molar refractivity (Wildman–Crippen MR) is 114 cm³/mol. The van der Waals surface area contributed by atoms with Gasteiger partial charge in [0.2, 0.25) is 11.7 Å². The SMILES string of the molecule is O=C(Nc1nc2ccccc2s1)C1CCCN1C(=O)c1cc(-c2ccccc2)no1. The van der Waals surface area contributed by atoms with Gasteiger partial charge in [0, 0.05) is 18.2 Å². The third-order valence-corrected chi connectivity index (χ3v) is 6.08. The summed E-state index contributed by atoms with van der Waals surface area (Å²) in [5, 5.41) is 7.41. The molecular formula is C22H18N4O3S. The number of hydrogen-bond donors (Lipinski definition) is 1. The third kappa shape index (κ3) is 3.46. The van der Waals surface area contributed by atoms with Crippen LogP contribution in [0.5, 0.6) is 0 Å². The largest absolute Gasteiger partial charge is 0.350 e. The van der Waals surface area contributed by atoms with Crippen LogP contribution in [0.1, 0.15) is 23.4 Å². The maximum atomic E-state index is 13.0. The maximum absolute atomic E-state index is 13.0. The highest BCUT2D eigenvalue weighted by Gasteiger charge is 2.36. The normalized spacial score (nSPS) is 16.1. The molecule has 0 radical (unpaired) electrons. The van der Waals surface area contributed by atoms with Gasteiger partial charge in [-0.15, -0.1) is 0 Å². The van der Waals surface area contributed by atoms with E-state index in [4.69, 9.17) is 4.52 Å². The number of amides is 2. The van der Waals surface area contributed by atoms with Gasteiger partial charge in [0.25, 0.3) is 5.91 Å². The first-order valence-electron chi connectivity index (χ1n) is 9.68. The second-order valence-corrected chi connectivity index (χ2v) is 8.11. The van der Waals surface area contributed by atoms with Crippen LogP contribution in [0.4, 0.5) is 5.13 Å². The third-order valence-electron chi connectivity index (χ3n) is 5.13. The van der Waals surface area contributed by atoms with Gasteiger partial charge in [0.15, 0.2) is 5.13 Å². The van der Waals surface area contributed by atoms with E-state index in [0.717, 1.165) is 22.2 Å². The number of benzene rings is 2. The number of nitrogens with one attached hydrogen (secondary N) is 1. The molecule has 0 saturated carbocycles. The molecule has 2 aromatic heterocycles. The van der Waals surface area contributed by atoms with Crippen LogP contribution < -0.4 is 5.32 Å². The van der Waals surface area contributed by atoms with E-state index < -0.39 is 6.04 Å². The van der Waals surface area contributed by atoms with Crippen molar-refractivity contribution in [3.05, 3.63) is 66.4 Å². The van der Waals surface area contributed by atoms with Crippen molar-refractivity contribution in [3.63, 3.8) is 0 Å². The Bertz CT molecular complexity index is 1180. The number of aromatic nitrogens is 2. The quantitative estimate of drug-likeness (QED) is 0.537. The van der Waals surface area contributed by atoms with Crippen molar-refractivity contribution in [1.29, 1.82) is 0 Å². The minimum atomic E-state index is -0.560. The van der Waals surface area contributed by atoms with E-state index in [1.54, 1.807) is 11.0 Å². The van der Waals surface area contributed by atoms with Crippen molar-refractivity contribution >= 4 is 38.5 Å². The lowest BCUT2D eigenvalue weighted by molar-refractivity contribution is -0.119. The molecular weight excluding hydrogens is 400 g/mol. The molecule has 1 aliphatic heterocycles. The molecule has 2 amide bonds. The number of fused-ring (bicyclic) bond motifs is 1. The fourth-order valence-electron chi connectivity index (χ4n) is 3.66. The highest BCUT2D eigenvalue weighted by molar-refractivity contribution is 7.22. The van der Waals surface area contributed by atoms with E-state index >= 15 is 0 Å². The summed E-state index contributed by atoms with van der Waals surface area (Å²) in [6, 6.07) is 18.3. The number of carbonyl (C=O) groups excluding carboxylic acids is 2. The minimum Gasteiger partial charge on any atom is -0.350 e. The number of nitrogens with zero attached hydrogens (tertiary/aromatic N) is 3. The van der Waals surface area contributed by atoms with Gasteiger partial charge in [-0.1, -0.05) is 59.0 Å². The molecule has 8 heteroatoms. The predicted octanol–water partition coefficient (Wildman–Crippen LogP) is 4.19. The zero-order chi connectivity index (χ0) is 20.5. The summed E-state index contributed by atoms with van der Waals surface area (Å²) in [5.41, 5.74) is 2.30. The molecule has 5 rings (SSSR count). The van der Waals surface area contributed by atoms with Crippen molar-refractivity contribution in [2.45, 2.75) is 18.9 Å². The van der Waals surface area contributed by atoms with Gasteiger partial charge in [-0.3, -0.25) is 9.59 Å². The van der Waals surface area contributed by atoms with E-state index in [0.29, 0.717) is 23.8 Å². The monoisotopic (exact) mass is 418 g/mol. The highest BCUT2D eigenvalue weighted by atomic mass is 32.1. The molecule has 0 bridgehead atoms. The van der Waals surface area contributed by atoms with Crippen LogP contribution in [0.25, 0.3) is 21.5 Å². The van der Waals surface area contributed by atoms with E-state index in [9.17, 15) is 9.59 Å². The smallest absolute Gasteiger partial charge is 0.293 e. The van der Waals surface area contributed by atoms with Gasteiger partial charge in [-0.05, 0) is 25.0 Å². The zero-order valence-electron chi connectivity index (χ0n) is 15.9. The minimum absolute atomic E-state index is 0.133. The number of thiazole rings is 1. The Morgan fingerprint density at radius 3 is 2.73 bits per heavy atom. The van der Waals surface area contributed by atoms with Gasteiger partial charge in [-0.25, -0.2) is 4.98 Å². The van der Waals surface area contributed by atoms with Gasteiger partial charge >= 0.3 is 0 Å². The van der Waals surface area contributed by atoms with Crippen molar-refractivity contribution in [2.24, 2.45) is 0 Å². The lowest BCUT2D eigenvalue weighted by atomic mass is 10.1. The van der Waals surface area contributed by atoms with E-state index in [-0.39, 0.29) is 17.6 Å². The fraction of sp³-hybridized carbons (Fsp3) is 0.182. The molecule has 4 aromatic rings. The Morgan fingerprint density at radius 1 is 1.10 bits per heavy atom. The first kappa shape index (κ1) is 18.5. The zero-order valence-corrected chi connectivity index (χ0v) is 16.8. The summed E-state index contributed by atoms with van der Waals surface area (Å²) in [4.78, 5) is 31.9. The molecule has 1 N–H and O–H groups in total. The number of hydrogen-bond acceptors (Lipinski definition) is 6. The van der Waals surface area contributed by atoms with Gasteiger partial charge < -0.3 is 14.7 Å². The molecule has 1 unspecified atom stereocenters. The van der Waals surface area contributed by atoms with Crippen LogP contribution in [-0.2, 0) is 4.79 Å². The van der Waals surface area contributed by atoms with Crippen LogP contribution in [0.15, 0.2) is 65.2 Å². The number of likely N-dealkylation sites (tertiary alicyclic amines) is 1. The standard InChI is InChI=1S/C22H18N4O3S/c27-20(24-22-23-15-9-4-5-11-19(15)30-22)17-10-6-12-26(17)21(28)18-13-16(25-29-18)14-7-2-1-3-8-14/h1-5,7-9,11,13,17H,6,10,12H2,(H,23,24,27). The molecule has 2 aromatic carbocycles. The van der Waals surface area contributed by atoms with Gasteiger partial charge in [0.05, 0.1) is 10.2 Å². The molecule has 7 nitrogen and oxygen atoms in total. The first-order chi connectivity index (χ1) is 14.7. The average molecular weight is 418 g/mol. The molecule has 1 aliphatic rings.